The normalized spacial score (nSPS) is 8.85. The molecule has 0 aliphatic carbocycles. The average Bonchev–Trinajstić information content (AvgIpc) is 2.13. The van der Waals surface area contributed by atoms with Gasteiger partial charge in [0.1, 0.15) is 5.82 Å². The van der Waals surface area contributed by atoms with E-state index in [1.54, 1.807) is 12.1 Å². The molecule has 0 fully saturated rings. The molecule has 0 spiro atoms. The van der Waals surface area contributed by atoms with Gasteiger partial charge in [0, 0.05) is 12.8 Å². The van der Waals surface area contributed by atoms with Crippen LogP contribution in [0.15, 0.2) is 18.3 Å². The van der Waals surface area contributed by atoms with Gasteiger partial charge in [0.25, 0.3) is 0 Å². The van der Waals surface area contributed by atoms with Crippen molar-refractivity contribution in [2.45, 2.75) is 19.8 Å². The molecular weight excluding hydrogens is 188 g/mol. The molecule has 13 heavy (non-hydrogen) atoms. The molecule has 0 amide bonds. The van der Waals surface area contributed by atoms with Gasteiger partial charge in [-0.1, -0.05) is 24.9 Å². The fourth-order valence-electron chi connectivity index (χ4n) is 0.545. The quantitative estimate of drug-likeness (QED) is 0.772. The van der Waals surface area contributed by atoms with Gasteiger partial charge in [-0.3, -0.25) is 0 Å². The summed E-state index contributed by atoms with van der Waals surface area (Å²) in [4.78, 5) is 3.72. The summed E-state index contributed by atoms with van der Waals surface area (Å²) in [6, 6.07) is 3.35. The summed E-state index contributed by atoms with van der Waals surface area (Å²) in [6.07, 6.45) is 3.55. The molecule has 0 aliphatic heterocycles. The van der Waals surface area contributed by atoms with E-state index in [0.717, 1.165) is 12.8 Å². The summed E-state index contributed by atoms with van der Waals surface area (Å²) in [5.74, 6) is 0.495. The molecule has 0 radical (unpaired) electrons. The largest absolute Gasteiger partial charge is 0.396 e. The summed E-state index contributed by atoms with van der Waals surface area (Å²) < 4.78 is 0. The lowest BCUT2D eigenvalue weighted by Gasteiger charge is -1.87. The van der Waals surface area contributed by atoms with Crippen LogP contribution in [0.1, 0.15) is 19.8 Å². The number of rotatable bonds is 2. The number of aliphatic hydroxyl groups excluding tert-OH is 1. The fourth-order valence-corrected chi connectivity index (χ4v) is 0.657. The number of hydrogen-bond donors (Lipinski definition) is 2. The van der Waals surface area contributed by atoms with E-state index in [-0.39, 0.29) is 0 Å². The van der Waals surface area contributed by atoms with Crippen LogP contribution in [-0.2, 0) is 0 Å². The van der Waals surface area contributed by atoms with Crippen LogP contribution in [0.5, 0.6) is 0 Å². The topological polar surface area (TPSA) is 59.1 Å². The molecule has 0 aromatic carbocycles. The highest BCUT2D eigenvalue weighted by atomic mass is 35.5. The second kappa shape index (κ2) is 7.83. The molecule has 1 aromatic heterocycles. The van der Waals surface area contributed by atoms with Crippen molar-refractivity contribution < 1.29 is 5.11 Å². The highest BCUT2D eigenvalue weighted by Gasteiger charge is 1.83. The highest BCUT2D eigenvalue weighted by Crippen LogP contribution is 2.05. The number of pyridine rings is 1. The van der Waals surface area contributed by atoms with Crippen molar-refractivity contribution in [3.8, 4) is 0 Å². The van der Waals surface area contributed by atoms with Crippen molar-refractivity contribution in [3.63, 3.8) is 0 Å². The average molecular weight is 203 g/mol. The van der Waals surface area contributed by atoms with Gasteiger partial charge < -0.3 is 10.8 Å². The van der Waals surface area contributed by atoms with E-state index in [1.807, 2.05) is 0 Å². The van der Waals surface area contributed by atoms with Gasteiger partial charge in [0.05, 0.1) is 5.02 Å². The number of hydrogen-bond acceptors (Lipinski definition) is 3. The predicted octanol–water partition coefficient (Wildman–Crippen LogP) is 2.10. The Morgan fingerprint density at radius 2 is 2.23 bits per heavy atom. The zero-order valence-corrected chi connectivity index (χ0v) is 8.46. The summed E-state index contributed by atoms with van der Waals surface area (Å²) in [6.45, 7) is 2.40. The monoisotopic (exact) mass is 202 g/mol. The molecule has 1 aromatic rings. The first-order chi connectivity index (χ1) is 6.20. The van der Waals surface area contributed by atoms with Gasteiger partial charge >= 0.3 is 0 Å². The third-order valence-electron chi connectivity index (χ3n) is 1.26. The van der Waals surface area contributed by atoms with Crippen LogP contribution in [0.4, 0.5) is 5.82 Å². The van der Waals surface area contributed by atoms with Crippen molar-refractivity contribution in [2.24, 2.45) is 0 Å². The van der Waals surface area contributed by atoms with Crippen LogP contribution in [0.25, 0.3) is 0 Å². The summed E-state index contributed by atoms with van der Waals surface area (Å²) in [7, 11) is 0. The van der Waals surface area contributed by atoms with E-state index in [0.29, 0.717) is 17.4 Å². The highest BCUT2D eigenvalue weighted by molar-refractivity contribution is 6.30. The number of aliphatic hydroxyl groups is 1. The minimum Gasteiger partial charge on any atom is -0.396 e. The number of nitrogens with two attached hydrogens (primary N) is 1. The number of unbranched alkanes of at least 4 members (excludes halogenated alkanes) is 1. The predicted molar refractivity (Wildman–Crippen MR) is 55.7 cm³/mol. The maximum absolute atomic E-state index is 8.07. The Bertz CT molecular complexity index is 190. The molecule has 1 heterocycles. The second-order valence-electron chi connectivity index (χ2n) is 2.48. The van der Waals surface area contributed by atoms with Gasteiger partial charge in [-0.15, -0.1) is 0 Å². The lowest BCUT2D eigenvalue weighted by molar-refractivity contribution is 0.287. The van der Waals surface area contributed by atoms with Crippen molar-refractivity contribution >= 4 is 17.4 Å². The van der Waals surface area contributed by atoms with Crippen LogP contribution < -0.4 is 5.73 Å². The van der Waals surface area contributed by atoms with Crippen molar-refractivity contribution in [1.82, 2.24) is 4.98 Å². The smallest absolute Gasteiger partial charge is 0.123 e. The number of anilines is 1. The molecule has 0 saturated carbocycles. The Kier molecular flexibility index (Phi) is 7.35. The van der Waals surface area contributed by atoms with Crippen LogP contribution in [0, 0.1) is 0 Å². The van der Waals surface area contributed by atoms with Crippen LogP contribution >= 0.6 is 11.6 Å². The number of nitrogen functional groups attached to an aromatic ring is 1. The standard InChI is InChI=1S/C5H5ClN2.C4H10O/c6-4-1-2-5(7)8-3-4;1-2-3-4-5/h1-3H,(H2,7,8);5H,2-4H2,1H3. The first kappa shape index (κ1) is 12.2. The Hall–Kier alpha value is -0.800. The zero-order valence-electron chi connectivity index (χ0n) is 7.70. The summed E-state index contributed by atoms with van der Waals surface area (Å²) in [5, 5.41) is 8.68. The minimum atomic E-state index is 0.344. The van der Waals surface area contributed by atoms with E-state index >= 15 is 0 Å². The van der Waals surface area contributed by atoms with Crippen LogP contribution in [0.2, 0.25) is 5.02 Å². The zero-order chi connectivity index (χ0) is 10.1. The first-order valence-electron chi connectivity index (χ1n) is 4.18. The van der Waals surface area contributed by atoms with E-state index in [1.165, 1.54) is 6.20 Å². The number of halogens is 1. The van der Waals surface area contributed by atoms with E-state index in [9.17, 15) is 0 Å². The van der Waals surface area contributed by atoms with E-state index < -0.39 is 0 Å². The van der Waals surface area contributed by atoms with E-state index in [2.05, 4.69) is 11.9 Å². The Labute approximate surface area is 83.6 Å². The van der Waals surface area contributed by atoms with E-state index in [4.69, 9.17) is 22.4 Å². The molecule has 0 atom stereocenters. The first-order valence-corrected chi connectivity index (χ1v) is 4.56. The minimum absolute atomic E-state index is 0.344. The number of aromatic nitrogens is 1. The molecule has 3 N–H and O–H groups in total. The summed E-state index contributed by atoms with van der Waals surface area (Å²) >= 11 is 5.49. The molecule has 0 bridgehead atoms. The Morgan fingerprint density at radius 3 is 2.46 bits per heavy atom. The second-order valence-corrected chi connectivity index (χ2v) is 2.91. The van der Waals surface area contributed by atoms with Crippen molar-refractivity contribution in [2.75, 3.05) is 12.3 Å². The molecule has 0 unspecified atom stereocenters. The van der Waals surface area contributed by atoms with Gasteiger partial charge in [0.2, 0.25) is 0 Å². The maximum Gasteiger partial charge on any atom is 0.123 e. The molecular formula is C9H15ClN2O. The molecule has 4 heteroatoms. The van der Waals surface area contributed by atoms with Gasteiger partial charge in [-0.05, 0) is 18.6 Å². The van der Waals surface area contributed by atoms with Gasteiger partial charge in [-0.2, -0.15) is 0 Å². The fraction of sp³-hybridized carbons (Fsp3) is 0.444. The Balaban J connectivity index is 0.000000252. The molecule has 0 saturated heterocycles. The third-order valence-corrected chi connectivity index (χ3v) is 1.49. The maximum atomic E-state index is 8.07. The van der Waals surface area contributed by atoms with Gasteiger partial charge in [-0.25, -0.2) is 4.98 Å². The van der Waals surface area contributed by atoms with Gasteiger partial charge in [0.15, 0.2) is 0 Å². The summed E-state index contributed by atoms with van der Waals surface area (Å²) in [5.41, 5.74) is 5.26. The lowest BCUT2D eigenvalue weighted by Crippen LogP contribution is -1.86. The SMILES string of the molecule is CCCCO.Nc1ccc(Cl)cn1. The van der Waals surface area contributed by atoms with Crippen molar-refractivity contribution in [3.05, 3.63) is 23.4 Å². The lowest BCUT2D eigenvalue weighted by atomic mass is 10.4. The van der Waals surface area contributed by atoms with Crippen LogP contribution in [-0.4, -0.2) is 16.7 Å². The molecule has 0 aliphatic rings. The number of nitrogens with zero attached hydrogens (tertiary/aromatic N) is 1. The molecule has 74 valence electrons. The van der Waals surface area contributed by atoms with Crippen LogP contribution in [0.3, 0.4) is 0 Å². The third kappa shape index (κ3) is 7.56. The Morgan fingerprint density at radius 1 is 1.54 bits per heavy atom. The molecule has 1 rings (SSSR count). The molecule has 3 nitrogen and oxygen atoms in total. The van der Waals surface area contributed by atoms with Crippen molar-refractivity contribution in [1.29, 1.82) is 0 Å².